The number of ether oxygens (including phenoxy) is 1. The number of thioether (sulfide) groups is 1. The molecule has 3 aromatic rings. The fourth-order valence-corrected chi connectivity index (χ4v) is 6.23. The number of anilines is 1. The fraction of sp³-hybridized carbons (Fsp3) is 0.417. The van der Waals surface area contributed by atoms with E-state index in [0.717, 1.165) is 41.5 Å². The summed E-state index contributed by atoms with van der Waals surface area (Å²) in [5.41, 5.74) is 1.77. The summed E-state index contributed by atoms with van der Waals surface area (Å²) in [6.07, 6.45) is 6.27. The summed E-state index contributed by atoms with van der Waals surface area (Å²) < 4.78 is 8.81. The van der Waals surface area contributed by atoms with Crippen LogP contribution >= 0.6 is 39.0 Å². The maximum atomic E-state index is 12.7. The second-order valence-electron chi connectivity index (χ2n) is 8.18. The summed E-state index contributed by atoms with van der Waals surface area (Å²) in [5.74, 6) is 1.45. The quantitative estimate of drug-likeness (QED) is 0.354. The molecule has 1 unspecified atom stereocenters. The number of rotatable bonds is 7. The Morgan fingerprint density at radius 1 is 1.26 bits per heavy atom. The molecule has 34 heavy (non-hydrogen) atoms. The van der Waals surface area contributed by atoms with E-state index in [4.69, 9.17) is 4.74 Å². The van der Waals surface area contributed by atoms with Gasteiger partial charge in [0.2, 0.25) is 5.91 Å². The van der Waals surface area contributed by atoms with Gasteiger partial charge in [-0.2, -0.15) is 5.26 Å². The van der Waals surface area contributed by atoms with Gasteiger partial charge in [-0.25, -0.2) is 0 Å². The fourth-order valence-electron chi connectivity index (χ4n) is 3.99. The molecule has 0 spiro atoms. The Morgan fingerprint density at radius 3 is 2.74 bits per heavy atom. The normalized spacial score (nSPS) is 14.4. The molecule has 0 bridgehead atoms. The average Bonchev–Trinajstić information content (AvgIpc) is 3.32. The second-order valence-corrected chi connectivity index (χ2v) is 11.1. The van der Waals surface area contributed by atoms with Crippen LogP contribution in [0.4, 0.5) is 5.00 Å². The predicted molar refractivity (Wildman–Crippen MR) is 138 cm³/mol. The number of carbonyl (C=O) groups is 1. The lowest BCUT2D eigenvalue weighted by molar-refractivity contribution is -0.113. The summed E-state index contributed by atoms with van der Waals surface area (Å²) in [4.78, 5) is 13.9. The van der Waals surface area contributed by atoms with E-state index in [9.17, 15) is 10.1 Å². The number of carbonyl (C=O) groups excluding carboxylic acids is 1. The van der Waals surface area contributed by atoms with E-state index in [-0.39, 0.29) is 17.8 Å². The highest BCUT2D eigenvalue weighted by Gasteiger charge is 2.22. The first-order chi connectivity index (χ1) is 16.5. The Labute approximate surface area is 216 Å². The summed E-state index contributed by atoms with van der Waals surface area (Å²) in [6, 6.07) is 9.94. The molecule has 4 rings (SSSR count). The SMILES string of the molecule is CC(Oc1ccc(Br)cc1)c1nnc(SCC(=O)Nc2sc3c(c2C#N)CCCCCC3)n1C. The highest BCUT2D eigenvalue weighted by molar-refractivity contribution is 9.10. The topological polar surface area (TPSA) is 92.8 Å². The minimum Gasteiger partial charge on any atom is -0.483 e. The zero-order chi connectivity index (χ0) is 24.1. The number of nitrogens with zero attached hydrogens (tertiary/aromatic N) is 4. The summed E-state index contributed by atoms with van der Waals surface area (Å²) >= 11 is 6.29. The molecule has 0 saturated heterocycles. The third-order valence-electron chi connectivity index (χ3n) is 5.73. The van der Waals surface area contributed by atoms with Crippen LogP contribution in [0.1, 0.15) is 60.5 Å². The van der Waals surface area contributed by atoms with Crippen LogP contribution in [-0.2, 0) is 24.7 Å². The minimum absolute atomic E-state index is 0.153. The molecule has 0 fully saturated rings. The number of aryl methyl sites for hydroxylation is 1. The van der Waals surface area contributed by atoms with Crippen molar-refractivity contribution in [3.05, 3.63) is 50.6 Å². The van der Waals surface area contributed by atoms with Gasteiger partial charge in [-0.05, 0) is 62.4 Å². The van der Waals surface area contributed by atoms with Gasteiger partial charge in [0.1, 0.15) is 16.8 Å². The molecular formula is C24H26BrN5O2S2. The molecule has 7 nitrogen and oxygen atoms in total. The van der Waals surface area contributed by atoms with Gasteiger partial charge < -0.3 is 14.6 Å². The van der Waals surface area contributed by atoms with Gasteiger partial charge in [0.25, 0.3) is 0 Å². The Morgan fingerprint density at radius 2 is 2.00 bits per heavy atom. The molecule has 0 radical (unpaired) electrons. The first kappa shape index (κ1) is 24.8. The lowest BCUT2D eigenvalue weighted by Gasteiger charge is -2.14. The van der Waals surface area contributed by atoms with Gasteiger partial charge in [0, 0.05) is 16.4 Å². The number of benzene rings is 1. The van der Waals surface area contributed by atoms with Crippen molar-refractivity contribution in [3.63, 3.8) is 0 Å². The van der Waals surface area contributed by atoms with Gasteiger partial charge in [-0.15, -0.1) is 21.5 Å². The Kier molecular flexibility index (Phi) is 8.29. The van der Waals surface area contributed by atoms with Crippen molar-refractivity contribution in [2.75, 3.05) is 11.1 Å². The number of amides is 1. The Bertz CT molecular complexity index is 1200. The van der Waals surface area contributed by atoms with Crippen LogP contribution in [0, 0.1) is 11.3 Å². The van der Waals surface area contributed by atoms with Crippen molar-refractivity contribution in [2.45, 2.75) is 56.7 Å². The standard InChI is InChI=1S/C24H26BrN5O2S2/c1-15(32-17-11-9-16(25)10-12-17)22-28-29-24(30(22)2)33-14-21(31)27-23-19(13-26)18-7-5-3-4-6-8-20(18)34-23/h9-12,15H,3-8,14H2,1-2H3,(H,27,31). The first-order valence-corrected chi connectivity index (χ1v) is 13.8. The third kappa shape index (κ3) is 5.82. The third-order valence-corrected chi connectivity index (χ3v) is 8.48. The van der Waals surface area contributed by atoms with E-state index >= 15 is 0 Å². The van der Waals surface area contributed by atoms with Crippen LogP contribution in [0.3, 0.4) is 0 Å². The molecule has 178 valence electrons. The number of aromatic nitrogens is 3. The van der Waals surface area contributed by atoms with Crippen molar-refractivity contribution in [1.82, 2.24) is 14.8 Å². The van der Waals surface area contributed by atoms with E-state index in [1.165, 1.54) is 29.5 Å². The molecule has 1 N–H and O–H groups in total. The van der Waals surface area contributed by atoms with Gasteiger partial charge in [0.15, 0.2) is 17.1 Å². The van der Waals surface area contributed by atoms with Gasteiger partial charge in [-0.3, -0.25) is 4.79 Å². The van der Waals surface area contributed by atoms with Crippen molar-refractivity contribution in [1.29, 1.82) is 5.26 Å². The molecule has 1 aliphatic carbocycles. The lowest BCUT2D eigenvalue weighted by Crippen LogP contribution is -2.15. The summed E-state index contributed by atoms with van der Waals surface area (Å²) in [5, 5.41) is 22.5. The van der Waals surface area contributed by atoms with Crippen LogP contribution in [-0.4, -0.2) is 26.4 Å². The van der Waals surface area contributed by atoms with Crippen molar-refractivity contribution >= 4 is 49.9 Å². The number of thiophene rings is 1. The maximum Gasteiger partial charge on any atom is 0.235 e. The molecular weight excluding hydrogens is 534 g/mol. The van der Waals surface area contributed by atoms with Crippen LogP contribution in [0.25, 0.3) is 0 Å². The Hall–Kier alpha value is -2.35. The minimum atomic E-state index is -0.300. The molecule has 1 amide bonds. The molecule has 2 aromatic heterocycles. The molecule has 0 aliphatic heterocycles. The van der Waals surface area contributed by atoms with E-state index in [2.05, 4.69) is 37.5 Å². The van der Waals surface area contributed by atoms with E-state index in [1.807, 2.05) is 42.8 Å². The van der Waals surface area contributed by atoms with Crippen LogP contribution in [0.15, 0.2) is 33.9 Å². The second kappa shape index (κ2) is 11.4. The van der Waals surface area contributed by atoms with E-state index in [1.54, 1.807) is 11.3 Å². The highest BCUT2D eigenvalue weighted by atomic mass is 79.9. The predicted octanol–water partition coefficient (Wildman–Crippen LogP) is 6.04. The number of hydrogen-bond donors (Lipinski definition) is 1. The van der Waals surface area contributed by atoms with Crippen LogP contribution in [0.2, 0.25) is 0 Å². The monoisotopic (exact) mass is 559 g/mol. The molecule has 1 aromatic carbocycles. The van der Waals surface area contributed by atoms with Crippen molar-refractivity contribution < 1.29 is 9.53 Å². The molecule has 10 heteroatoms. The number of hydrogen-bond acceptors (Lipinski definition) is 7. The Balaban J connectivity index is 1.37. The highest BCUT2D eigenvalue weighted by Crippen LogP contribution is 2.36. The summed E-state index contributed by atoms with van der Waals surface area (Å²) in [6.45, 7) is 1.92. The molecule has 1 aliphatic rings. The van der Waals surface area contributed by atoms with Crippen LogP contribution in [0.5, 0.6) is 5.75 Å². The number of nitriles is 1. The lowest BCUT2D eigenvalue weighted by atomic mass is 9.97. The number of halogens is 1. The van der Waals surface area contributed by atoms with Crippen molar-refractivity contribution in [2.24, 2.45) is 7.05 Å². The smallest absolute Gasteiger partial charge is 0.235 e. The van der Waals surface area contributed by atoms with E-state index in [0.29, 0.717) is 21.5 Å². The van der Waals surface area contributed by atoms with Crippen molar-refractivity contribution in [3.8, 4) is 11.8 Å². The molecule has 2 heterocycles. The average molecular weight is 561 g/mol. The van der Waals surface area contributed by atoms with Gasteiger partial charge in [0.05, 0.1) is 11.3 Å². The first-order valence-electron chi connectivity index (χ1n) is 11.2. The zero-order valence-electron chi connectivity index (χ0n) is 19.1. The maximum absolute atomic E-state index is 12.7. The molecule has 1 atom stereocenters. The van der Waals surface area contributed by atoms with Gasteiger partial charge >= 0.3 is 0 Å². The molecule has 0 saturated carbocycles. The van der Waals surface area contributed by atoms with Crippen LogP contribution < -0.4 is 10.1 Å². The summed E-state index contributed by atoms with van der Waals surface area (Å²) in [7, 11) is 1.87. The number of nitrogens with one attached hydrogen (secondary N) is 1. The largest absolute Gasteiger partial charge is 0.483 e. The zero-order valence-corrected chi connectivity index (χ0v) is 22.4. The number of fused-ring (bicyclic) bond motifs is 1. The van der Waals surface area contributed by atoms with E-state index < -0.39 is 0 Å². The van der Waals surface area contributed by atoms with Gasteiger partial charge in [-0.1, -0.05) is 40.5 Å².